The molecule has 2 heterocycles. The lowest BCUT2D eigenvalue weighted by atomic mass is 10.0. The lowest BCUT2D eigenvalue weighted by molar-refractivity contribution is -0.123. The molecule has 5 nitrogen and oxygen atoms in total. The van der Waals surface area contributed by atoms with Crippen molar-refractivity contribution in [2.45, 2.75) is 12.8 Å². The van der Waals surface area contributed by atoms with E-state index in [1.807, 2.05) is 0 Å². The second kappa shape index (κ2) is 5.23. The molecule has 1 N–H and O–H groups in total. The van der Waals surface area contributed by atoms with E-state index in [0.717, 1.165) is 19.4 Å². The van der Waals surface area contributed by atoms with Crippen LogP contribution in [0.5, 0.6) is 0 Å². The van der Waals surface area contributed by atoms with Crippen LogP contribution < -0.4 is 5.32 Å². The van der Waals surface area contributed by atoms with Gasteiger partial charge in [-0.25, -0.2) is 9.97 Å². The minimum atomic E-state index is -0.0949. The van der Waals surface area contributed by atoms with Gasteiger partial charge < -0.3 is 10.1 Å². The highest BCUT2D eigenvalue weighted by atomic mass is 35.5. The van der Waals surface area contributed by atoms with E-state index < -0.39 is 0 Å². The standard InChI is InChI=1S/C10H12ClN3O2/c11-10-12-4-3-8(14-10)13-9(15)7-2-1-5-16-6-7/h3-4,7H,1-2,5-6H2,(H,12,13,14,15). The zero-order chi connectivity index (χ0) is 11.4. The highest BCUT2D eigenvalue weighted by Crippen LogP contribution is 2.15. The number of carbonyl (C=O) groups excluding carboxylic acids is 1. The fourth-order valence-corrected chi connectivity index (χ4v) is 1.73. The van der Waals surface area contributed by atoms with Crippen molar-refractivity contribution in [3.05, 3.63) is 17.5 Å². The SMILES string of the molecule is O=C(Nc1ccnc(Cl)n1)C1CCCOC1. The zero-order valence-corrected chi connectivity index (χ0v) is 9.41. The summed E-state index contributed by atoms with van der Waals surface area (Å²) < 4.78 is 5.25. The van der Waals surface area contributed by atoms with Crippen molar-refractivity contribution in [1.82, 2.24) is 9.97 Å². The Kier molecular flexibility index (Phi) is 3.69. The van der Waals surface area contributed by atoms with Crippen LogP contribution in [0.2, 0.25) is 5.28 Å². The van der Waals surface area contributed by atoms with Crippen LogP contribution >= 0.6 is 11.6 Å². The average Bonchev–Trinajstić information content (AvgIpc) is 2.30. The van der Waals surface area contributed by atoms with Gasteiger partial charge in [-0.1, -0.05) is 0 Å². The molecule has 0 spiro atoms. The van der Waals surface area contributed by atoms with Crippen molar-refractivity contribution in [3.8, 4) is 0 Å². The molecule has 86 valence electrons. The first-order valence-corrected chi connectivity index (χ1v) is 5.50. The maximum Gasteiger partial charge on any atom is 0.230 e. The second-order valence-electron chi connectivity index (χ2n) is 3.61. The molecule has 1 unspecified atom stereocenters. The maximum atomic E-state index is 11.8. The Morgan fingerprint density at radius 2 is 2.50 bits per heavy atom. The molecule has 1 aliphatic heterocycles. The van der Waals surface area contributed by atoms with Gasteiger partial charge in [0.05, 0.1) is 12.5 Å². The van der Waals surface area contributed by atoms with Gasteiger partial charge in [0.15, 0.2) is 0 Å². The number of nitrogens with one attached hydrogen (secondary N) is 1. The molecule has 1 aromatic heterocycles. The van der Waals surface area contributed by atoms with Crippen LogP contribution in [0, 0.1) is 5.92 Å². The molecule has 6 heteroatoms. The molecule has 1 atom stereocenters. The quantitative estimate of drug-likeness (QED) is 0.797. The zero-order valence-electron chi connectivity index (χ0n) is 8.65. The summed E-state index contributed by atoms with van der Waals surface area (Å²) in [7, 11) is 0. The molecule has 0 bridgehead atoms. The first kappa shape index (κ1) is 11.3. The topological polar surface area (TPSA) is 64.1 Å². The third kappa shape index (κ3) is 2.90. The van der Waals surface area contributed by atoms with Crippen molar-refractivity contribution >= 4 is 23.3 Å². The lowest BCUT2D eigenvalue weighted by Gasteiger charge is -2.20. The monoisotopic (exact) mass is 241 g/mol. The number of hydrogen-bond acceptors (Lipinski definition) is 4. The van der Waals surface area contributed by atoms with E-state index in [-0.39, 0.29) is 17.1 Å². The van der Waals surface area contributed by atoms with Crippen molar-refractivity contribution in [3.63, 3.8) is 0 Å². The van der Waals surface area contributed by atoms with Crippen LogP contribution in [0.3, 0.4) is 0 Å². The number of nitrogens with zero attached hydrogens (tertiary/aromatic N) is 2. The van der Waals surface area contributed by atoms with Crippen LogP contribution in [-0.2, 0) is 9.53 Å². The van der Waals surface area contributed by atoms with Crippen LogP contribution in [0.25, 0.3) is 0 Å². The first-order valence-electron chi connectivity index (χ1n) is 5.13. The van der Waals surface area contributed by atoms with E-state index in [2.05, 4.69) is 15.3 Å². The Morgan fingerprint density at radius 1 is 1.62 bits per heavy atom. The Hall–Kier alpha value is -1.20. The number of anilines is 1. The van der Waals surface area contributed by atoms with Gasteiger partial charge in [0.25, 0.3) is 0 Å². The van der Waals surface area contributed by atoms with Crippen molar-refractivity contribution in [1.29, 1.82) is 0 Å². The summed E-state index contributed by atoms with van der Waals surface area (Å²) in [5, 5.41) is 2.82. The molecule has 1 aromatic rings. The number of amides is 1. The van der Waals surface area contributed by atoms with Crippen LogP contribution in [-0.4, -0.2) is 29.1 Å². The molecule has 0 saturated carbocycles. The third-order valence-corrected chi connectivity index (χ3v) is 2.59. The smallest absolute Gasteiger partial charge is 0.230 e. The molecular formula is C10H12ClN3O2. The Bertz CT molecular complexity index is 380. The van der Waals surface area contributed by atoms with E-state index in [4.69, 9.17) is 16.3 Å². The maximum absolute atomic E-state index is 11.8. The number of hydrogen-bond donors (Lipinski definition) is 1. The Balaban J connectivity index is 1.96. The minimum absolute atomic E-state index is 0.0746. The van der Waals surface area contributed by atoms with E-state index in [9.17, 15) is 4.79 Å². The summed E-state index contributed by atoms with van der Waals surface area (Å²) in [4.78, 5) is 19.4. The molecule has 0 aliphatic carbocycles. The lowest BCUT2D eigenvalue weighted by Crippen LogP contribution is -2.30. The van der Waals surface area contributed by atoms with Gasteiger partial charge in [-0.2, -0.15) is 0 Å². The summed E-state index contributed by atoms with van der Waals surface area (Å²) in [5.41, 5.74) is 0. The van der Waals surface area contributed by atoms with Gasteiger partial charge in [-0.3, -0.25) is 4.79 Å². The predicted octanol–water partition coefficient (Wildman–Crippen LogP) is 1.50. The van der Waals surface area contributed by atoms with Crippen LogP contribution in [0.4, 0.5) is 5.82 Å². The Labute approximate surface area is 98.2 Å². The summed E-state index contributed by atoms with van der Waals surface area (Å²) in [5.74, 6) is 0.257. The molecule has 1 saturated heterocycles. The van der Waals surface area contributed by atoms with Crippen LogP contribution in [0.1, 0.15) is 12.8 Å². The van der Waals surface area contributed by atoms with Gasteiger partial charge in [0.2, 0.25) is 11.2 Å². The fourth-order valence-electron chi connectivity index (χ4n) is 1.58. The molecule has 2 rings (SSSR count). The fraction of sp³-hybridized carbons (Fsp3) is 0.500. The number of halogens is 1. The molecule has 1 amide bonds. The predicted molar refractivity (Wildman–Crippen MR) is 59.2 cm³/mol. The molecule has 1 aliphatic rings. The third-order valence-electron chi connectivity index (χ3n) is 2.41. The number of rotatable bonds is 2. The molecule has 16 heavy (non-hydrogen) atoms. The molecule has 0 aromatic carbocycles. The second-order valence-corrected chi connectivity index (χ2v) is 3.95. The van der Waals surface area contributed by atoms with Crippen molar-refractivity contribution < 1.29 is 9.53 Å². The van der Waals surface area contributed by atoms with Gasteiger partial charge in [0.1, 0.15) is 5.82 Å². The van der Waals surface area contributed by atoms with E-state index in [1.165, 1.54) is 6.20 Å². The van der Waals surface area contributed by atoms with Gasteiger partial charge in [-0.15, -0.1) is 0 Å². The highest BCUT2D eigenvalue weighted by Gasteiger charge is 2.21. The normalized spacial score (nSPS) is 20.4. The summed E-state index contributed by atoms with van der Waals surface area (Å²) >= 11 is 5.62. The van der Waals surface area contributed by atoms with Gasteiger partial charge in [-0.05, 0) is 30.5 Å². The van der Waals surface area contributed by atoms with Crippen LogP contribution in [0.15, 0.2) is 12.3 Å². The Morgan fingerprint density at radius 3 is 3.19 bits per heavy atom. The van der Waals surface area contributed by atoms with E-state index in [0.29, 0.717) is 12.4 Å². The molecular weight excluding hydrogens is 230 g/mol. The van der Waals surface area contributed by atoms with E-state index in [1.54, 1.807) is 6.07 Å². The number of ether oxygens (including phenoxy) is 1. The van der Waals surface area contributed by atoms with Crippen molar-refractivity contribution in [2.24, 2.45) is 5.92 Å². The van der Waals surface area contributed by atoms with Crippen molar-refractivity contribution in [2.75, 3.05) is 18.5 Å². The summed E-state index contributed by atoms with van der Waals surface area (Å²) in [6, 6.07) is 1.60. The number of aromatic nitrogens is 2. The van der Waals surface area contributed by atoms with Gasteiger partial charge >= 0.3 is 0 Å². The molecule has 0 radical (unpaired) electrons. The van der Waals surface area contributed by atoms with E-state index >= 15 is 0 Å². The average molecular weight is 242 g/mol. The largest absolute Gasteiger partial charge is 0.381 e. The summed E-state index contributed by atoms with van der Waals surface area (Å²) in [6.07, 6.45) is 3.27. The highest BCUT2D eigenvalue weighted by molar-refractivity contribution is 6.28. The minimum Gasteiger partial charge on any atom is -0.381 e. The van der Waals surface area contributed by atoms with Gasteiger partial charge in [0, 0.05) is 12.8 Å². The summed E-state index contributed by atoms with van der Waals surface area (Å²) in [6.45, 7) is 1.22. The molecule has 1 fully saturated rings. The number of carbonyl (C=O) groups is 1. The first-order chi connectivity index (χ1) is 7.75.